The topological polar surface area (TPSA) is 46.3 Å². The van der Waals surface area contributed by atoms with Gasteiger partial charge in [0.2, 0.25) is 5.91 Å². The van der Waals surface area contributed by atoms with Crippen LogP contribution in [0.3, 0.4) is 0 Å². The molecule has 2 aromatic carbocycles. The Kier molecular flexibility index (Phi) is 4.79. The molecule has 3 nitrogen and oxygen atoms in total. The van der Waals surface area contributed by atoms with Gasteiger partial charge in [-0.2, -0.15) is 0 Å². The number of fused-ring (bicyclic) bond motifs is 1. The Morgan fingerprint density at radius 1 is 1.17 bits per heavy atom. The molecule has 0 aromatic heterocycles. The van der Waals surface area contributed by atoms with Crippen LogP contribution >= 0.6 is 23.2 Å². The van der Waals surface area contributed by atoms with Crippen LogP contribution in [0.2, 0.25) is 10.0 Å². The fraction of sp³-hybridized carbons (Fsp3) is 0.278. The summed E-state index contributed by atoms with van der Waals surface area (Å²) >= 11 is 11.9. The molecule has 1 aliphatic heterocycles. The first-order valence-electron chi connectivity index (χ1n) is 7.68. The van der Waals surface area contributed by atoms with E-state index in [0.29, 0.717) is 22.9 Å². The first-order valence-corrected chi connectivity index (χ1v) is 8.43. The van der Waals surface area contributed by atoms with Crippen molar-refractivity contribution in [3.63, 3.8) is 0 Å². The van der Waals surface area contributed by atoms with Gasteiger partial charge in [0.05, 0.1) is 10.0 Å². The molecule has 0 radical (unpaired) electrons. The van der Waals surface area contributed by atoms with Crippen LogP contribution in [0.1, 0.15) is 24.0 Å². The van der Waals surface area contributed by atoms with Crippen LogP contribution in [0.15, 0.2) is 36.4 Å². The maximum absolute atomic E-state index is 12.6. The minimum absolute atomic E-state index is 0.114. The van der Waals surface area contributed by atoms with Crippen LogP contribution < -0.4 is 10.6 Å². The lowest BCUT2D eigenvalue weighted by Crippen LogP contribution is -2.35. The highest BCUT2D eigenvalue weighted by Gasteiger charge is 2.23. The molecular formula is C18H18Cl2N2O. The second kappa shape index (κ2) is 6.81. The number of nitrogen functional groups attached to an aromatic ring is 1. The molecule has 0 saturated heterocycles. The lowest BCUT2D eigenvalue weighted by Gasteiger charge is -2.30. The van der Waals surface area contributed by atoms with Crippen molar-refractivity contribution in [3.05, 3.63) is 57.6 Å². The Morgan fingerprint density at radius 3 is 2.78 bits per heavy atom. The first kappa shape index (κ1) is 16.2. The van der Waals surface area contributed by atoms with E-state index in [0.717, 1.165) is 41.9 Å². The molecule has 2 aromatic rings. The summed E-state index contributed by atoms with van der Waals surface area (Å²) in [5.41, 5.74) is 9.85. The van der Waals surface area contributed by atoms with Gasteiger partial charge in [0, 0.05) is 24.3 Å². The molecule has 5 heteroatoms. The average Bonchev–Trinajstić information content (AvgIpc) is 2.55. The SMILES string of the molecule is Nc1cccc2c1CCCN2C(=O)CCc1ccc(Cl)c(Cl)c1. The number of carbonyl (C=O) groups is 1. The Bertz CT molecular complexity index is 746. The van der Waals surface area contributed by atoms with Crippen molar-refractivity contribution in [3.8, 4) is 0 Å². The van der Waals surface area contributed by atoms with Crippen LogP contribution in [0.25, 0.3) is 0 Å². The number of hydrogen-bond acceptors (Lipinski definition) is 2. The van der Waals surface area contributed by atoms with Crippen molar-refractivity contribution >= 4 is 40.5 Å². The molecule has 0 spiro atoms. The van der Waals surface area contributed by atoms with Crippen molar-refractivity contribution in [2.24, 2.45) is 0 Å². The fourth-order valence-electron chi connectivity index (χ4n) is 2.99. The average molecular weight is 349 g/mol. The number of benzene rings is 2. The van der Waals surface area contributed by atoms with E-state index in [9.17, 15) is 4.79 Å². The van der Waals surface area contributed by atoms with Gasteiger partial charge < -0.3 is 10.6 Å². The number of amides is 1. The summed E-state index contributed by atoms with van der Waals surface area (Å²) in [5.74, 6) is 0.114. The normalized spacial score (nSPS) is 13.7. The summed E-state index contributed by atoms with van der Waals surface area (Å²) in [7, 11) is 0. The van der Waals surface area contributed by atoms with Gasteiger partial charge in [-0.25, -0.2) is 0 Å². The van der Waals surface area contributed by atoms with Gasteiger partial charge in [-0.05, 0) is 54.7 Å². The molecule has 0 saturated carbocycles. The van der Waals surface area contributed by atoms with Gasteiger partial charge in [-0.1, -0.05) is 35.3 Å². The summed E-state index contributed by atoms with van der Waals surface area (Å²) in [5, 5.41) is 1.05. The van der Waals surface area contributed by atoms with E-state index < -0.39 is 0 Å². The number of halogens is 2. The molecule has 1 aliphatic rings. The molecule has 23 heavy (non-hydrogen) atoms. The number of aryl methyl sites for hydroxylation is 1. The summed E-state index contributed by atoms with van der Waals surface area (Å²) in [6, 6.07) is 11.3. The molecule has 1 heterocycles. The molecule has 0 unspecified atom stereocenters. The molecule has 0 aliphatic carbocycles. The van der Waals surface area contributed by atoms with E-state index in [2.05, 4.69) is 0 Å². The predicted octanol–water partition coefficient (Wildman–Crippen LogP) is 4.49. The van der Waals surface area contributed by atoms with Gasteiger partial charge in [0.25, 0.3) is 0 Å². The Labute approximate surface area is 146 Å². The summed E-state index contributed by atoms with van der Waals surface area (Å²) in [6.07, 6.45) is 2.95. The van der Waals surface area contributed by atoms with Crippen LogP contribution in [-0.4, -0.2) is 12.5 Å². The molecule has 120 valence electrons. The second-order valence-corrected chi connectivity index (χ2v) is 6.56. The van der Waals surface area contributed by atoms with E-state index in [-0.39, 0.29) is 5.91 Å². The summed E-state index contributed by atoms with van der Waals surface area (Å²) < 4.78 is 0. The van der Waals surface area contributed by atoms with Crippen molar-refractivity contribution in [2.45, 2.75) is 25.7 Å². The van der Waals surface area contributed by atoms with Gasteiger partial charge in [-0.3, -0.25) is 4.79 Å². The monoisotopic (exact) mass is 348 g/mol. The quantitative estimate of drug-likeness (QED) is 0.830. The van der Waals surface area contributed by atoms with Crippen LogP contribution in [0.4, 0.5) is 11.4 Å². The van der Waals surface area contributed by atoms with Crippen molar-refractivity contribution in [1.82, 2.24) is 0 Å². The van der Waals surface area contributed by atoms with Gasteiger partial charge >= 0.3 is 0 Å². The molecule has 0 fully saturated rings. The van der Waals surface area contributed by atoms with Crippen molar-refractivity contribution in [2.75, 3.05) is 17.2 Å². The maximum atomic E-state index is 12.6. The molecule has 2 N–H and O–H groups in total. The van der Waals surface area contributed by atoms with E-state index in [1.807, 2.05) is 35.2 Å². The van der Waals surface area contributed by atoms with Gasteiger partial charge in [-0.15, -0.1) is 0 Å². The molecule has 3 rings (SSSR count). The van der Waals surface area contributed by atoms with Crippen LogP contribution in [-0.2, 0) is 17.6 Å². The lowest BCUT2D eigenvalue weighted by molar-refractivity contribution is -0.118. The van der Waals surface area contributed by atoms with Crippen molar-refractivity contribution < 1.29 is 4.79 Å². The zero-order chi connectivity index (χ0) is 16.4. The van der Waals surface area contributed by atoms with Crippen LogP contribution in [0, 0.1) is 0 Å². The van der Waals surface area contributed by atoms with Crippen molar-refractivity contribution in [1.29, 1.82) is 0 Å². The molecule has 1 amide bonds. The molecule has 0 bridgehead atoms. The smallest absolute Gasteiger partial charge is 0.227 e. The van der Waals surface area contributed by atoms with Gasteiger partial charge in [0.1, 0.15) is 0 Å². The number of nitrogens with zero attached hydrogens (tertiary/aromatic N) is 1. The third-order valence-corrected chi connectivity index (χ3v) is 4.94. The second-order valence-electron chi connectivity index (χ2n) is 5.74. The standard InChI is InChI=1S/C18H18Cl2N2O/c19-14-8-6-12(11-15(14)20)7-9-18(23)22-10-2-3-13-16(21)4-1-5-17(13)22/h1,4-6,8,11H,2-3,7,9-10,21H2. The first-order chi connectivity index (χ1) is 11.1. The number of nitrogens with two attached hydrogens (primary N) is 1. The number of hydrogen-bond donors (Lipinski definition) is 1. The summed E-state index contributed by atoms with van der Waals surface area (Å²) in [6.45, 7) is 0.747. The number of anilines is 2. The van der Waals surface area contributed by atoms with E-state index in [1.165, 1.54) is 0 Å². The number of rotatable bonds is 3. The highest BCUT2D eigenvalue weighted by molar-refractivity contribution is 6.42. The minimum atomic E-state index is 0.114. The highest BCUT2D eigenvalue weighted by Crippen LogP contribution is 2.32. The zero-order valence-corrected chi connectivity index (χ0v) is 14.2. The molecular weight excluding hydrogens is 331 g/mol. The Hall–Kier alpha value is -1.71. The maximum Gasteiger partial charge on any atom is 0.227 e. The summed E-state index contributed by atoms with van der Waals surface area (Å²) in [4.78, 5) is 14.5. The third kappa shape index (κ3) is 3.46. The fourth-order valence-corrected chi connectivity index (χ4v) is 3.31. The van der Waals surface area contributed by atoms with Gasteiger partial charge in [0.15, 0.2) is 0 Å². The van der Waals surface area contributed by atoms with Crippen LogP contribution in [0.5, 0.6) is 0 Å². The number of carbonyl (C=O) groups excluding carboxylic acids is 1. The Balaban J connectivity index is 1.72. The highest BCUT2D eigenvalue weighted by atomic mass is 35.5. The minimum Gasteiger partial charge on any atom is -0.398 e. The van der Waals surface area contributed by atoms with E-state index in [1.54, 1.807) is 6.07 Å². The Morgan fingerprint density at radius 2 is 2.00 bits per heavy atom. The third-order valence-electron chi connectivity index (χ3n) is 4.20. The molecule has 0 atom stereocenters. The lowest BCUT2D eigenvalue weighted by atomic mass is 9.99. The van der Waals surface area contributed by atoms with E-state index >= 15 is 0 Å². The largest absolute Gasteiger partial charge is 0.398 e. The van der Waals surface area contributed by atoms with E-state index in [4.69, 9.17) is 28.9 Å². The predicted molar refractivity (Wildman–Crippen MR) is 96.3 cm³/mol. The zero-order valence-electron chi connectivity index (χ0n) is 12.7.